The number of rotatable bonds is 13. The summed E-state index contributed by atoms with van der Waals surface area (Å²) in [5, 5.41) is 17.6. The van der Waals surface area contributed by atoms with E-state index in [1.54, 1.807) is 0 Å². The number of unbranched alkanes of at least 4 members (excludes halogenated alkanes) is 9. The van der Waals surface area contributed by atoms with Crippen LogP contribution in [0.3, 0.4) is 0 Å². The molecule has 4 heteroatoms. The van der Waals surface area contributed by atoms with Crippen LogP contribution < -0.4 is 0 Å². The first-order chi connectivity index (χ1) is 8.66. The minimum Gasteiger partial charge on any atom is -0.367 e. The SMILES string of the molecule is CCCCCCCCCCCCN(C)CC(O)O.I. The van der Waals surface area contributed by atoms with Crippen LogP contribution in [0.4, 0.5) is 0 Å². The van der Waals surface area contributed by atoms with Crippen molar-refractivity contribution < 1.29 is 10.2 Å². The molecule has 19 heavy (non-hydrogen) atoms. The summed E-state index contributed by atoms with van der Waals surface area (Å²) in [5.41, 5.74) is 0. The fraction of sp³-hybridized carbons (Fsp3) is 1.00. The molecule has 0 aliphatic heterocycles. The Hall–Kier alpha value is 0.610. The summed E-state index contributed by atoms with van der Waals surface area (Å²) in [6.07, 6.45) is 12.2. The molecule has 0 bridgehead atoms. The van der Waals surface area contributed by atoms with Gasteiger partial charge in [0.2, 0.25) is 0 Å². The third-order valence-electron chi connectivity index (χ3n) is 3.37. The Bertz CT molecular complexity index is 168. The molecule has 2 N–H and O–H groups in total. The van der Waals surface area contributed by atoms with Crippen LogP contribution in [0.25, 0.3) is 0 Å². The topological polar surface area (TPSA) is 43.7 Å². The Morgan fingerprint density at radius 2 is 1.21 bits per heavy atom. The van der Waals surface area contributed by atoms with Crippen molar-refractivity contribution in [2.75, 3.05) is 20.1 Å². The van der Waals surface area contributed by atoms with Crippen LogP contribution in [0.5, 0.6) is 0 Å². The lowest BCUT2D eigenvalue weighted by molar-refractivity contribution is -0.0573. The number of aliphatic hydroxyl groups is 2. The molecule has 0 aliphatic carbocycles. The molecular formula is C15H34INO2. The average Bonchev–Trinajstić information content (AvgIpc) is 2.30. The fourth-order valence-corrected chi connectivity index (χ4v) is 2.24. The fourth-order valence-electron chi connectivity index (χ4n) is 2.24. The molecule has 0 amide bonds. The van der Waals surface area contributed by atoms with Crippen molar-refractivity contribution >= 4 is 24.0 Å². The van der Waals surface area contributed by atoms with Gasteiger partial charge in [-0.05, 0) is 20.0 Å². The van der Waals surface area contributed by atoms with Crippen molar-refractivity contribution in [2.45, 2.75) is 77.4 Å². The van der Waals surface area contributed by atoms with Crippen LogP contribution in [-0.4, -0.2) is 41.5 Å². The average molecular weight is 387 g/mol. The van der Waals surface area contributed by atoms with Crippen molar-refractivity contribution in [1.29, 1.82) is 0 Å². The molecule has 0 aromatic rings. The van der Waals surface area contributed by atoms with Gasteiger partial charge in [-0.1, -0.05) is 64.7 Å². The number of halogens is 1. The summed E-state index contributed by atoms with van der Waals surface area (Å²) in [6, 6.07) is 0. The predicted octanol–water partition coefficient (Wildman–Crippen LogP) is 3.77. The van der Waals surface area contributed by atoms with Gasteiger partial charge in [0.15, 0.2) is 6.29 Å². The van der Waals surface area contributed by atoms with E-state index in [0.29, 0.717) is 6.54 Å². The normalized spacial score (nSPS) is 11.1. The van der Waals surface area contributed by atoms with E-state index in [9.17, 15) is 0 Å². The van der Waals surface area contributed by atoms with Gasteiger partial charge in [-0.2, -0.15) is 0 Å². The van der Waals surface area contributed by atoms with Crippen molar-refractivity contribution in [1.82, 2.24) is 4.90 Å². The van der Waals surface area contributed by atoms with Gasteiger partial charge >= 0.3 is 0 Å². The molecule has 0 atom stereocenters. The first-order valence-corrected chi connectivity index (χ1v) is 7.71. The molecule has 0 rings (SSSR count). The molecule has 3 nitrogen and oxygen atoms in total. The van der Waals surface area contributed by atoms with Crippen LogP contribution >= 0.6 is 24.0 Å². The lowest BCUT2D eigenvalue weighted by Gasteiger charge is -2.17. The van der Waals surface area contributed by atoms with Gasteiger partial charge in [0.25, 0.3) is 0 Å². The number of likely N-dealkylation sites (N-methyl/N-ethyl adjacent to an activating group) is 1. The van der Waals surface area contributed by atoms with Crippen molar-refractivity contribution in [3.63, 3.8) is 0 Å². The summed E-state index contributed by atoms with van der Waals surface area (Å²) in [7, 11) is 1.94. The molecule has 0 unspecified atom stereocenters. The van der Waals surface area contributed by atoms with Crippen LogP contribution in [0.15, 0.2) is 0 Å². The van der Waals surface area contributed by atoms with Gasteiger partial charge < -0.3 is 15.1 Å². The number of hydrogen-bond donors (Lipinski definition) is 2. The maximum atomic E-state index is 8.80. The van der Waals surface area contributed by atoms with E-state index < -0.39 is 6.29 Å². The Labute approximate surface area is 136 Å². The first-order valence-electron chi connectivity index (χ1n) is 7.71. The highest BCUT2D eigenvalue weighted by Gasteiger charge is 2.02. The quantitative estimate of drug-likeness (QED) is 0.287. The smallest absolute Gasteiger partial charge is 0.164 e. The Morgan fingerprint density at radius 1 is 0.789 bits per heavy atom. The van der Waals surface area contributed by atoms with Crippen LogP contribution in [-0.2, 0) is 0 Å². The molecule has 0 fully saturated rings. The lowest BCUT2D eigenvalue weighted by Crippen LogP contribution is -2.29. The number of nitrogens with zero attached hydrogens (tertiary/aromatic N) is 1. The van der Waals surface area contributed by atoms with Crippen molar-refractivity contribution in [2.24, 2.45) is 0 Å². The zero-order chi connectivity index (χ0) is 13.6. The van der Waals surface area contributed by atoms with Gasteiger partial charge in [-0.15, -0.1) is 24.0 Å². The van der Waals surface area contributed by atoms with Crippen LogP contribution in [0, 0.1) is 0 Å². The maximum absolute atomic E-state index is 8.80. The second kappa shape index (κ2) is 16.7. The molecule has 0 spiro atoms. The van der Waals surface area contributed by atoms with Crippen LogP contribution in [0.1, 0.15) is 71.1 Å². The van der Waals surface area contributed by atoms with E-state index in [2.05, 4.69) is 6.92 Å². The number of hydrogen-bond acceptors (Lipinski definition) is 3. The minimum absolute atomic E-state index is 0. The molecule has 0 aliphatic rings. The van der Waals surface area contributed by atoms with E-state index in [1.165, 1.54) is 64.2 Å². The van der Waals surface area contributed by atoms with Crippen LogP contribution in [0.2, 0.25) is 0 Å². The molecular weight excluding hydrogens is 353 g/mol. The summed E-state index contributed by atoms with van der Waals surface area (Å²) in [4.78, 5) is 1.98. The monoisotopic (exact) mass is 387 g/mol. The zero-order valence-electron chi connectivity index (χ0n) is 12.8. The summed E-state index contributed by atoms with van der Waals surface area (Å²) in [6.45, 7) is 3.58. The summed E-state index contributed by atoms with van der Waals surface area (Å²) < 4.78 is 0. The van der Waals surface area contributed by atoms with Crippen molar-refractivity contribution in [3.05, 3.63) is 0 Å². The highest BCUT2D eigenvalue weighted by atomic mass is 127. The highest BCUT2D eigenvalue weighted by Crippen LogP contribution is 2.10. The second-order valence-electron chi connectivity index (χ2n) is 5.42. The molecule has 118 valence electrons. The Balaban J connectivity index is 0. The third-order valence-corrected chi connectivity index (χ3v) is 3.37. The number of aliphatic hydroxyl groups excluding tert-OH is 1. The first kappa shape index (κ1) is 21.9. The Kier molecular flexibility index (Phi) is 19.2. The van der Waals surface area contributed by atoms with E-state index in [4.69, 9.17) is 10.2 Å². The lowest BCUT2D eigenvalue weighted by atomic mass is 10.1. The zero-order valence-corrected chi connectivity index (χ0v) is 15.1. The maximum Gasteiger partial charge on any atom is 0.164 e. The second-order valence-corrected chi connectivity index (χ2v) is 5.42. The van der Waals surface area contributed by atoms with Crippen molar-refractivity contribution in [3.8, 4) is 0 Å². The largest absolute Gasteiger partial charge is 0.367 e. The molecule has 0 aromatic carbocycles. The van der Waals surface area contributed by atoms with Gasteiger partial charge in [0.05, 0.1) is 0 Å². The van der Waals surface area contributed by atoms with E-state index in [1.807, 2.05) is 11.9 Å². The van der Waals surface area contributed by atoms with E-state index in [-0.39, 0.29) is 24.0 Å². The van der Waals surface area contributed by atoms with Gasteiger partial charge in [-0.25, -0.2) is 0 Å². The Morgan fingerprint density at radius 3 is 1.63 bits per heavy atom. The van der Waals surface area contributed by atoms with Gasteiger partial charge in [0, 0.05) is 6.54 Å². The summed E-state index contributed by atoms with van der Waals surface area (Å²) in [5.74, 6) is 0. The molecule has 0 heterocycles. The molecule has 0 aromatic heterocycles. The van der Waals surface area contributed by atoms with E-state index in [0.717, 1.165) is 6.54 Å². The van der Waals surface area contributed by atoms with Gasteiger partial charge in [-0.3, -0.25) is 0 Å². The van der Waals surface area contributed by atoms with Gasteiger partial charge in [0.1, 0.15) is 0 Å². The summed E-state index contributed by atoms with van der Waals surface area (Å²) >= 11 is 0. The minimum atomic E-state index is -1.20. The highest BCUT2D eigenvalue weighted by molar-refractivity contribution is 14.0. The molecule has 0 saturated carbocycles. The van der Waals surface area contributed by atoms with E-state index >= 15 is 0 Å². The molecule has 0 saturated heterocycles. The standard InChI is InChI=1S/C15H33NO2.HI/c1-3-4-5-6-7-8-9-10-11-12-13-16(2)14-15(17)18;/h15,17-18H,3-14H2,1-2H3;1H. The predicted molar refractivity (Wildman–Crippen MR) is 93.0 cm³/mol. The third kappa shape index (κ3) is 18.6. The molecule has 0 radical (unpaired) electrons.